The van der Waals surface area contributed by atoms with Gasteiger partial charge < -0.3 is 14.5 Å². The van der Waals surface area contributed by atoms with Gasteiger partial charge in [0.05, 0.1) is 37.5 Å². The number of fused-ring (bicyclic) bond motifs is 1. The number of hydrogen-bond acceptors (Lipinski definition) is 6. The second kappa shape index (κ2) is 7.16. The van der Waals surface area contributed by atoms with Gasteiger partial charge in [0.25, 0.3) is 0 Å². The van der Waals surface area contributed by atoms with Gasteiger partial charge in [0.15, 0.2) is 5.58 Å². The minimum absolute atomic E-state index is 0. The molecule has 0 bridgehead atoms. The van der Waals surface area contributed by atoms with Crippen molar-refractivity contribution in [3.05, 3.63) is 46.7 Å². The lowest BCUT2D eigenvalue weighted by molar-refractivity contribution is 0.0158. The van der Waals surface area contributed by atoms with Gasteiger partial charge in [0.1, 0.15) is 5.69 Å². The summed E-state index contributed by atoms with van der Waals surface area (Å²) in [4.78, 5) is 12.0. The molecule has 3 aromatic rings. The van der Waals surface area contributed by atoms with Crippen molar-refractivity contribution in [3.8, 4) is 0 Å². The first-order valence-electron chi connectivity index (χ1n) is 7.59. The van der Waals surface area contributed by atoms with E-state index in [4.69, 9.17) is 9.15 Å². The van der Waals surface area contributed by atoms with E-state index in [0.717, 1.165) is 18.6 Å². The average Bonchev–Trinajstić information content (AvgIpc) is 3.14. The fourth-order valence-corrected chi connectivity index (χ4v) is 2.77. The Balaban J connectivity index is 0.00000169. The molecule has 1 unspecified atom stereocenters. The number of aromatic nitrogens is 4. The molecule has 1 fully saturated rings. The highest BCUT2D eigenvalue weighted by Crippen LogP contribution is 2.13. The minimum atomic E-state index is -0.388. The van der Waals surface area contributed by atoms with Crippen LogP contribution >= 0.6 is 12.4 Å². The van der Waals surface area contributed by atoms with Gasteiger partial charge in [-0.25, -0.2) is 9.48 Å². The maximum absolute atomic E-state index is 12.0. The van der Waals surface area contributed by atoms with Gasteiger partial charge in [-0.3, -0.25) is 4.57 Å². The molecule has 0 saturated carbocycles. The molecule has 3 heterocycles. The third kappa shape index (κ3) is 3.35. The topological polar surface area (TPSA) is 87.1 Å². The fourth-order valence-electron chi connectivity index (χ4n) is 2.77. The largest absolute Gasteiger partial charge is 0.420 e. The van der Waals surface area contributed by atoms with E-state index < -0.39 is 0 Å². The van der Waals surface area contributed by atoms with Crippen LogP contribution in [-0.4, -0.2) is 45.4 Å². The van der Waals surface area contributed by atoms with Crippen molar-refractivity contribution in [2.45, 2.75) is 19.2 Å². The molecule has 1 saturated heterocycles. The zero-order chi connectivity index (χ0) is 15.6. The number of oxazole rings is 1. The molecule has 1 aliphatic rings. The van der Waals surface area contributed by atoms with Crippen LogP contribution in [-0.2, 0) is 17.8 Å². The van der Waals surface area contributed by atoms with Crippen molar-refractivity contribution in [2.75, 3.05) is 19.7 Å². The normalized spacial score (nSPS) is 17.8. The summed E-state index contributed by atoms with van der Waals surface area (Å²) >= 11 is 0. The molecule has 2 aromatic heterocycles. The number of nitrogens with one attached hydrogen (secondary N) is 1. The van der Waals surface area contributed by atoms with E-state index in [1.54, 1.807) is 15.3 Å². The van der Waals surface area contributed by atoms with Gasteiger partial charge in [-0.1, -0.05) is 17.3 Å². The molecule has 0 spiro atoms. The lowest BCUT2D eigenvalue weighted by atomic mass is 10.3. The number of nitrogens with zero attached hydrogens (tertiary/aromatic N) is 4. The van der Waals surface area contributed by atoms with Crippen LogP contribution < -0.4 is 11.1 Å². The summed E-state index contributed by atoms with van der Waals surface area (Å²) in [6.07, 6.45) is 1.93. The Morgan fingerprint density at radius 2 is 2.21 bits per heavy atom. The quantitative estimate of drug-likeness (QED) is 0.742. The first kappa shape index (κ1) is 16.7. The van der Waals surface area contributed by atoms with E-state index >= 15 is 0 Å². The van der Waals surface area contributed by atoms with E-state index in [-0.39, 0.29) is 24.3 Å². The van der Waals surface area contributed by atoms with E-state index in [2.05, 4.69) is 15.6 Å². The Morgan fingerprint density at radius 3 is 3.04 bits per heavy atom. The molecule has 0 amide bonds. The summed E-state index contributed by atoms with van der Waals surface area (Å²) in [6.45, 7) is 3.37. The van der Waals surface area contributed by atoms with E-state index in [9.17, 15) is 4.79 Å². The smallest absolute Gasteiger partial charge is 0.408 e. The molecule has 0 radical (unpaired) electrons. The predicted octanol–water partition coefficient (Wildman–Crippen LogP) is 0.644. The van der Waals surface area contributed by atoms with Gasteiger partial charge in [-0.2, -0.15) is 0 Å². The van der Waals surface area contributed by atoms with E-state index in [1.165, 1.54) is 0 Å². The molecule has 128 valence electrons. The number of halogens is 1. The highest BCUT2D eigenvalue weighted by atomic mass is 35.5. The summed E-state index contributed by atoms with van der Waals surface area (Å²) in [6, 6.07) is 7.34. The van der Waals surface area contributed by atoms with Crippen molar-refractivity contribution in [2.24, 2.45) is 0 Å². The predicted molar refractivity (Wildman–Crippen MR) is 89.5 cm³/mol. The minimum Gasteiger partial charge on any atom is -0.408 e. The van der Waals surface area contributed by atoms with Crippen molar-refractivity contribution >= 4 is 23.5 Å². The molecule has 4 rings (SSSR count). The Morgan fingerprint density at radius 1 is 1.33 bits per heavy atom. The monoisotopic (exact) mass is 351 g/mol. The van der Waals surface area contributed by atoms with Crippen LogP contribution in [0.4, 0.5) is 0 Å². The number of ether oxygens (including phenoxy) is 1. The molecule has 0 aliphatic carbocycles. The van der Waals surface area contributed by atoms with Crippen molar-refractivity contribution in [1.29, 1.82) is 0 Å². The number of benzene rings is 1. The van der Waals surface area contributed by atoms with Crippen LogP contribution in [0.2, 0.25) is 0 Å². The van der Waals surface area contributed by atoms with Crippen molar-refractivity contribution in [3.63, 3.8) is 0 Å². The van der Waals surface area contributed by atoms with Gasteiger partial charge in [0.2, 0.25) is 0 Å². The Kier molecular flexibility index (Phi) is 4.98. The first-order valence-corrected chi connectivity index (χ1v) is 7.59. The summed E-state index contributed by atoms with van der Waals surface area (Å²) < 4.78 is 14.2. The first-order chi connectivity index (χ1) is 11.3. The maximum atomic E-state index is 12.0. The molecule has 1 atom stereocenters. The number of rotatable bonds is 4. The van der Waals surface area contributed by atoms with Crippen LogP contribution in [0.15, 0.2) is 39.7 Å². The van der Waals surface area contributed by atoms with Crippen LogP contribution in [0, 0.1) is 0 Å². The Bertz CT molecular complexity index is 865. The number of morpholine rings is 1. The van der Waals surface area contributed by atoms with Gasteiger partial charge in [-0.15, -0.1) is 17.5 Å². The summed E-state index contributed by atoms with van der Waals surface area (Å²) in [5.74, 6) is -0.388. The van der Waals surface area contributed by atoms with Crippen LogP contribution in [0.25, 0.3) is 11.1 Å². The molecule has 1 aliphatic heterocycles. The maximum Gasteiger partial charge on any atom is 0.420 e. The highest BCUT2D eigenvalue weighted by Gasteiger charge is 2.16. The molecular formula is C15H18ClN5O3. The Hall–Kier alpha value is -2.16. The number of hydrogen-bond donors (Lipinski definition) is 1. The van der Waals surface area contributed by atoms with Crippen LogP contribution in [0.1, 0.15) is 5.69 Å². The van der Waals surface area contributed by atoms with Crippen molar-refractivity contribution in [1.82, 2.24) is 24.9 Å². The molecular weight excluding hydrogens is 334 g/mol. The molecule has 9 heteroatoms. The van der Waals surface area contributed by atoms with Gasteiger partial charge in [-0.05, 0) is 12.1 Å². The second-order valence-corrected chi connectivity index (χ2v) is 5.55. The fraction of sp³-hybridized carbons (Fsp3) is 0.400. The summed E-state index contributed by atoms with van der Waals surface area (Å²) in [7, 11) is 0. The van der Waals surface area contributed by atoms with Crippen molar-refractivity contribution < 1.29 is 9.15 Å². The molecule has 24 heavy (non-hydrogen) atoms. The molecule has 8 nitrogen and oxygen atoms in total. The van der Waals surface area contributed by atoms with Crippen LogP contribution in [0.3, 0.4) is 0 Å². The van der Waals surface area contributed by atoms with Gasteiger partial charge >= 0.3 is 5.76 Å². The van der Waals surface area contributed by atoms with E-state index in [0.29, 0.717) is 31.0 Å². The SMILES string of the molecule is Cl.O=c1oc2ccccc2n1Cc1cn(CC2CNCCO2)nn1. The molecule has 1 N–H and O–H groups in total. The number of para-hydroxylation sites is 2. The van der Waals surface area contributed by atoms with Gasteiger partial charge in [0, 0.05) is 13.1 Å². The molecule has 1 aromatic carbocycles. The zero-order valence-corrected chi connectivity index (χ0v) is 13.7. The average molecular weight is 352 g/mol. The highest BCUT2D eigenvalue weighted by molar-refractivity contribution is 5.85. The lowest BCUT2D eigenvalue weighted by Gasteiger charge is -2.23. The zero-order valence-electron chi connectivity index (χ0n) is 12.9. The van der Waals surface area contributed by atoms with Crippen LogP contribution in [0.5, 0.6) is 0 Å². The second-order valence-electron chi connectivity index (χ2n) is 5.55. The third-order valence-electron chi connectivity index (χ3n) is 3.88. The summed E-state index contributed by atoms with van der Waals surface area (Å²) in [5, 5.41) is 11.5. The Labute approximate surface area is 143 Å². The standard InChI is InChI=1S/C15H17N5O3.ClH/c21-15-20(13-3-1-2-4-14(13)23-15)9-11-8-19(18-17-11)10-12-7-16-5-6-22-12;/h1-4,8,12,16H,5-7,9-10H2;1H. The van der Waals surface area contributed by atoms with E-state index in [1.807, 2.05) is 24.4 Å². The lowest BCUT2D eigenvalue weighted by Crippen LogP contribution is -2.40. The summed E-state index contributed by atoms with van der Waals surface area (Å²) in [5.41, 5.74) is 2.04. The third-order valence-corrected chi connectivity index (χ3v) is 3.88.